The zero-order valence-electron chi connectivity index (χ0n) is 11.6. The average Bonchev–Trinajstić information content (AvgIpc) is 2.37. The van der Waals surface area contributed by atoms with E-state index >= 15 is 0 Å². The molecule has 0 aliphatic heterocycles. The minimum absolute atomic E-state index is 0.510. The van der Waals surface area contributed by atoms with E-state index in [4.69, 9.17) is 15.6 Å². The first kappa shape index (κ1) is 15.9. The first-order chi connectivity index (χ1) is 8.86. The van der Waals surface area contributed by atoms with Gasteiger partial charge in [0.2, 0.25) is 0 Å². The molecule has 1 atom stereocenters. The summed E-state index contributed by atoms with van der Waals surface area (Å²) in [6, 6.07) is 6.94. The van der Waals surface area contributed by atoms with Gasteiger partial charge in [-0.05, 0) is 38.5 Å². The van der Waals surface area contributed by atoms with Gasteiger partial charge in [0.15, 0.2) is 0 Å². The monoisotopic (exact) mass is 283 g/mol. The molecule has 3 N–H and O–H groups in total. The molecule has 1 aromatic carbocycles. The summed E-state index contributed by atoms with van der Waals surface area (Å²) in [4.78, 5) is 10.9. The molecule has 0 amide bonds. The number of rotatable bonds is 7. The molecule has 4 nitrogen and oxygen atoms in total. The number of aliphatic carboxylic acids is 1. The van der Waals surface area contributed by atoms with Gasteiger partial charge in [-0.2, -0.15) is 0 Å². The summed E-state index contributed by atoms with van der Waals surface area (Å²) < 4.78 is 4.86. The second-order valence-electron chi connectivity index (χ2n) is 4.78. The van der Waals surface area contributed by atoms with Crippen LogP contribution in [0.3, 0.4) is 0 Å². The van der Waals surface area contributed by atoms with E-state index in [1.807, 2.05) is 45.0 Å². The van der Waals surface area contributed by atoms with Crippen LogP contribution >= 0.6 is 11.8 Å². The fourth-order valence-electron chi connectivity index (χ4n) is 1.51. The Morgan fingerprint density at radius 1 is 1.42 bits per heavy atom. The predicted octanol–water partition coefficient (Wildman–Crippen LogP) is 2.51. The van der Waals surface area contributed by atoms with Crippen LogP contribution < -0.4 is 10.5 Å². The van der Waals surface area contributed by atoms with E-state index in [2.05, 4.69) is 0 Å². The molecule has 0 fully saturated rings. The second-order valence-corrected chi connectivity index (χ2v) is 6.41. The first-order valence-corrected chi connectivity index (χ1v) is 7.19. The highest BCUT2D eigenvalue weighted by molar-refractivity contribution is 7.99. The van der Waals surface area contributed by atoms with E-state index in [1.165, 1.54) is 0 Å². The molecule has 0 radical (unpaired) electrons. The van der Waals surface area contributed by atoms with E-state index < -0.39 is 16.8 Å². The molecule has 0 spiro atoms. The van der Waals surface area contributed by atoms with Gasteiger partial charge in [-0.25, -0.2) is 0 Å². The fourth-order valence-corrected chi connectivity index (χ4v) is 2.52. The van der Waals surface area contributed by atoms with Crippen LogP contribution in [-0.2, 0) is 10.5 Å². The molecule has 19 heavy (non-hydrogen) atoms. The molecule has 0 aliphatic carbocycles. The third-order valence-electron chi connectivity index (χ3n) is 2.86. The normalized spacial score (nSPS) is 13.1. The Bertz CT molecular complexity index is 417. The van der Waals surface area contributed by atoms with Crippen molar-refractivity contribution in [1.29, 1.82) is 0 Å². The maximum absolute atomic E-state index is 10.9. The highest BCUT2D eigenvalue weighted by Crippen LogP contribution is 2.31. The lowest BCUT2D eigenvalue weighted by Gasteiger charge is -2.28. The lowest BCUT2D eigenvalue weighted by Crippen LogP contribution is -2.46. The van der Waals surface area contributed by atoms with E-state index in [-0.39, 0.29) is 0 Å². The molecule has 0 saturated heterocycles. The Morgan fingerprint density at radius 3 is 2.47 bits per heavy atom. The average molecular weight is 283 g/mol. The van der Waals surface area contributed by atoms with Crippen molar-refractivity contribution in [2.24, 2.45) is 5.73 Å². The maximum Gasteiger partial charge on any atom is 0.321 e. The Balaban J connectivity index is 2.58. The largest absolute Gasteiger partial charge is 0.494 e. The maximum atomic E-state index is 10.9. The minimum atomic E-state index is -0.968. The number of ether oxygens (including phenoxy) is 1. The lowest BCUT2D eigenvalue weighted by atomic mass is 10.1. The van der Waals surface area contributed by atoms with Crippen LogP contribution in [0.1, 0.15) is 26.3 Å². The molecule has 0 bridgehead atoms. The van der Waals surface area contributed by atoms with Gasteiger partial charge in [0.05, 0.1) is 6.61 Å². The van der Waals surface area contributed by atoms with Crippen molar-refractivity contribution in [2.45, 2.75) is 37.3 Å². The molecule has 1 aromatic rings. The van der Waals surface area contributed by atoms with Gasteiger partial charge in [-0.3, -0.25) is 4.79 Å². The highest BCUT2D eigenvalue weighted by atomic mass is 32.2. The van der Waals surface area contributed by atoms with Gasteiger partial charge in [0, 0.05) is 10.5 Å². The minimum Gasteiger partial charge on any atom is -0.494 e. The smallest absolute Gasteiger partial charge is 0.321 e. The van der Waals surface area contributed by atoms with Gasteiger partial charge in [-0.1, -0.05) is 12.1 Å². The number of hydrogen-bond acceptors (Lipinski definition) is 4. The van der Waals surface area contributed by atoms with Crippen molar-refractivity contribution in [2.75, 3.05) is 6.61 Å². The number of nitrogens with two attached hydrogens (primary N) is 1. The van der Waals surface area contributed by atoms with Crippen LogP contribution in [0.25, 0.3) is 0 Å². The number of thioether (sulfide) groups is 1. The predicted molar refractivity (Wildman–Crippen MR) is 78.6 cm³/mol. The summed E-state index contributed by atoms with van der Waals surface area (Å²) >= 11 is 1.54. The molecule has 0 aliphatic rings. The number of benzene rings is 1. The van der Waals surface area contributed by atoms with Gasteiger partial charge in [0.1, 0.15) is 11.8 Å². The standard InChI is InChI=1S/C14H21NO3S/c1-4-18-11-7-5-10(6-8-11)9-19-14(2,3)12(15)13(16)17/h5-8,12H,4,9,15H2,1-3H3,(H,16,17)/t12-/m0/s1. The van der Waals surface area contributed by atoms with Crippen LogP contribution in [0, 0.1) is 0 Å². The number of hydrogen-bond donors (Lipinski definition) is 2. The van der Waals surface area contributed by atoms with Crippen molar-refractivity contribution in [3.8, 4) is 5.75 Å². The first-order valence-electron chi connectivity index (χ1n) is 6.21. The molecule has 106 valence electrons. The molecule has 5 heteroatoms. The topological polar surface area (TPSA) is 72.5 Å². The summed E-state index contributed by atoms with van der Waals surface area (Å²) in [6.07, 6.45) is 0. The molecule has 0 aromatic heterocycles. The number of carboxylic acids is 1. The Hall–Kier alpha value is -1.20. The fraction of sp³-hybridized carbons (Fsp3) is 0.500. The molecule has 0 heterocycles. The lowest BCUT2D eigenvalue weighted by molar-refractivity contribution is -0.139. The summed E-state index contributed by atoms with van der Waals surface area (Å²) in [6.45, 7) is 6.30. The Labute approximate surface area is 118 Å². The zero-order chi connectivity index (χ0) is 14.5. The van der Waals surface area contributed by atoms with Crippen molar-refractivity contribution in [3.05, 3.63) is 29.8 Å². The Morgan fingerprint density at radius 2 is 2.00 bits per heavy atom. The van der Waals surface area contributed by atoms with E-state index in [0.717, 1.165) is 17.1 Å². The quantitative estimate of drug-likeness (QED) is 0.804. The molecular formula is C14H21NO3S. The third kappa shape index (κ3) is 4.76. The highest BCUT2D eigenvalue weighted by Gasteiger charge is 2.32. The van der Waals surface area contributed by atoms with Crippen LogP contribution in [0.15, 0.2) is 24.3 Å². The van der Waals surface area contributed by atoms with Crippen molar-refractivity contribution >= 4 is 17.7 Å². The second kappa shape index (κ2) is 6.82. The van der Waals surface area contributed by atoms with Crippen LogP contribution in [0.2, 0.25) is 0 Å². The molecular weight excluding hydrogens is 262 g/mol. The van der Waals surface area contributed by atoms with Gasteiger partial charge >= 0.3 is 5.97 Å². The SMILES string of the molecule is CCOc1ccc(CSC(C)(C)[C@@H](N)C(=O)O)cc1. The van der Waals surface area contributed by atoms with E-state index in [0.29, 0.717) is 6.61 Å². The third-order valence-corrected chi connectivity index (χ3v) is 4.34. The molecule has 0 saturated carbocycles. The summed E-state index contributed by atoms with van der Waals surface area (Å²) in [5.74, 6) is 0.599. The van der Waals surface area contributed by atoms with Crippen LogP contribution in [0.5, 0.6) is 5.75 Å². The zero-order valence-corrected chi connectivity index (χ0v) is 12.4. The van der Waals surface area contributed by atoms with Gasteiger partial charge in [0.25, 0.3) is 0 Å². The molecule has 0 unspecified atom stereocenters. The van der Waals surface area contributed by atoms with Gasteiger partial charge < -0.3 is 15.6 Å². The van der Waals surface area contributed by atoms with Gasteiger partial charge in [-0.15, -0.1) is 11.8 Å². The molecule has 1 rings (SSSR count). The Kier molecular flexibility index (Phi) is 5.69. The summed E-state index contributed by atoms with van der Waals surface area (Å²) in [5, 5.41) is 8.96. The van der Waals surface area contributed by atoms with E-state index in [9.17, 15) is 4.79 Å². The van der Waals surface area contributed by atoms with E-state index in [1.54, 1.807) is 11.8 Å². The van der Waals surface area contributed by atoms with Crippen molar-refractivity contribution in [1.82, 2.24) is 0 Å². The van der Waals surface area contributed by atoms with Crippen LogP contribution in [0.4, 0.5) is 0 Å². The summed E-state index contributed by atoms with van der Waals surface area (Å²) in [7, 11) is 0. The van der Waals surface area contributed by atoms with Crippen molar-refractivity contribution < 1.29 is 14.6 Å². The van der Waals surface area contributed by atoms with Crippen LogP contribution in [-0.4, -0.2) is 28.5 Å². The van der Waals surface area contributed by atoms with Crippen molar-refractivity contribution in [3.63, 3.8) is 0 Å². The number of carbonyl (C=O) groups is 1. The summed E-state index contributed by atoms with van der Waals surface area (Å²) in [5.41, 5.74) is 6.81. The number of carboxylic acid groups (broad SMARTS) is 1.